The predicted octanol–water partition coefficient (Wildman–Crippen LogP) is 5.19. The molecule has 3 aromatic rings. The third kappa shape index (κ3) is 5.01. The lowest BCUT2D eigenvalue weighted by atomic mass is 10.1. The number of thioether (sulfide) groups is 1. The summed E-state index contributed by atoms with van der Waals surface area (Å²) in [7, 11) is 0. The van der Waals surface area contributed by atoms with Gasteiger partial charge >= 0.3 is 0 Å². The molecule has 1 N–H and O–H groups in total. The SMILES string of the molecule is O=C(CSc1ccc(NC(=O)c2ccccc2F)cc1)c1ccc(F)cc1. The third-order valence-electron chi connectivity index (χ3n) is 3.77. The summed E-state index contributed by atoms with van der Waals surface area (Å²) in [6, 6.07) is 18.1. The Hall–Kier alpha value is -2.99. The zero-order valence-corrected chi connectivity index (χ0v) is 14.9. The first-order valence-electron chi connectivity index (χ1n) is 8.10. The first-order valence-corrected chi connectivity index (χ1v) is 9.09. The molecule has 0 saturated heterocycles. The Morgan fingerprint density at radius 2 is 1.52 bits per heavy atom. The van der Waals surface area contributed by atoms with Crippen LogP contribution in [0.2, 0.25) is 0 Å². The van der Waals surface area contributed by atoms with Gasteiger partial charge in [-0.05, 0) is 60.7 Å². The smallest absolute Gasteiger partial charge is 0.258 e. The summed E-state index contributed by atoms with van der Waals surface area (Å²) in [5, 5.41) is 2.63. The molecule has 0 fully saturated rings. The number of anilines is 1. The van der Waals surface area contributed by atoms with Crippen molar-refractivity contribution in [3.05, 3.63) is 95.6 Å². The van der Waals surface area contributed by atoms with E-state index in [1.165, 1.54) is 54.2 Å². The quantitative estimate of drug-likeness (QED) is 0.471. The third-order valence-corrected chi connectivity index (χ3v) is 4.78. The molecule has 0 bridgehead atoms. The summed E-state index contributed by atoms with van der Waals surface area (Å²) in [6.45, 7) is 0. The highest BCUT2D eigenvalue weighted by Crippen LogP contribution is 2.22. The highest BCUT2D eigenvalue weighted by molar-refractivity contribution is 8.00. The van der Waals surface area contributed by atoms with Crippen LogP contribution in [0.25, 0.3) is 0 Å². The van der Waals surface area contributed by atoms with Gasteiger partial charge < -0.3 is 5.32 Å². The molecule has 0 aliphatic heterocycles. The minimum atomic E-state index is -0.582. The molecule has 136 valence electrons. The number of benzene rings is 3. The van der Waals surface area contributed by atoms with Gasteiger partial charge in [-0.1, -0.05) is 12.1 Å². The van der Waals surface area contributed by atoms with Crippen molar-refractivity contribution in [2.24, 2.45) is 0 Å². The second-order valence-corrected chi connectivity index (χ2v) is 6.73. The first kappa shape index (κ1) is 18.8. The molecule has 27 heavy (non-hydrogen) atoms. The number of halogens is 2. The molecular formula is C21H15F2NO2S. The summed E-state index contributed by atoms with van der Waals surface area (Å²) in [6.07, 6.45) is 0. The summed E-state index contributed by atoms with van der Waals surface area (Å²) in [5.74, 6) is -1.38. The molecule has 0 aromatic heterocycles. The Morgan fingerprint density at radius 3 is 2.19 bits per heavy atom. The maximum absolute atomic E-state index is 13.6. The van der Waals surface area contributed by atoms with Crippen LogP contribution in [-0.2, 0) is 0 Å². The van der Waals surface area contributed by atoms with E-state index in [2.05, 4.69) is 5.32 Å². The van der Waals surface area contributed by atoms with Crippen LogP contribution in [-0.4, -0.2) is 17.4 Å². The number of amides is 1. The zero-order valence-electron chi connectivity index (χ0n) is 14.1. The summed E-state index contributed by atoms with van der Waals surface area (Å²) >= 11 is 1.34. The Kier molecular flexibility index (Phi) is 5.98. The van der Waals surface area contributed by atoms with Crippen LogP contribution in [0.1, 0.15) is 20.7 Å². The Bertz CT molecular complexity index is 957. The van der Waals surface area contributed by atoms with E-state index in [4.69, 9.17) is 0 Å². The second kappa shape index (κ2) is 8.60. The standard InChI is InChI=1S/C21H15F2NO2S/c22-15-7-5-14(6-8-15)20(25)13-27-17-11-9-16(10-12-17)24-21(26)18-3-1-2-4-19(18)23/h1-12H,13H2,(H,24,26). The molecule has 3 aromatic carbocycles. The molecule has 0 radical (unpaired) electrons. The number of hydrogen-bond acceptors (Lipinski definition) is 3. The fraction of sp³-hybridized carbons (Fsp3) is 0.0476. The van der Waals surface area contributed by atoms with Crippen molar-refractivity contribution >= 4 is 29.1 Å². The summed E-state index contributed by atoms with van der Waals surface area (Å²) in [5.41, 5.74) is 0.955. The van der Waals surface area contributed by atoms with E-state index >= 15 is 0 Å². The number of Topliss-reactive ketones (excluding diaryl/α,β-unsaturated/α-hetero) is 1. The van der Waals surface area contributed by atoms with Crippen LogP contribution in [0.5, 0.6) is 0 Å². The van der Waals surface area contributed by atoms with Gasteiger partial charge in [0.1, 0.15) is 11.6 Å². The molecular weight excluding hydrogens is 368 g/mol. The molecule has 0 saturated carbocycles. The number of ketones is 1. The van der Waals surface area contributed by atoms with Gasteiger partial charge in [0.25, 0.3) is 5.91 Å². The lowest BCUT2D eigenvalue weighted by Crippen LogP contribution is -2.13. The van der Waals surface area contributed by atoms with Crippen molar-refractivity contribution in [1.82, 2.24) is 0 Å². The first-order chi connectivity index (χ1) is 13.0. The summed E-state index contributed by atoms with van der Waals surface area (Å²) in [4.78, 5) is 25.0. The Balaban J connectivity index is 1.57. The monoisotopic (exact) mass is 383 g/mol. The highest BCUT2D eigenvalue weighted by atomic mass is 32.2. The van der Waals surface area contributed by atoms with Gasteiger partial charge in [-0.15, -0.1) is 11.8 Å². The number of hydrogen-bond donors (Lipinski definition) is 1. The van der Waals surface area contributed by atoms with Gasteiger partial charge in [-0.25, -0.2) is 8.78 Å². The Labute approximate surface area is 159 Å². The molecule has 0 unspecified atom stereocenters. The minimum absolute atomic E-state index is 0.0270. The van der Waals surface area contributed by atoms with Gasteiger partial charge in [0, 0.05) is 16.1 Å². The number of carbonyl (C=O) groups is 2. The molecule has 0 aliphatic carbocycles. The molecule has 0 atom stereocenters. The Morgan fingerprint density at radius 1 is 0.852 bits per heavy atom. The maximum atomic E-state index is 13.6. The van der Waals surface area contributed by atoms with Crippen molar-refractivity contribution in [2.45, 2.75) is 4.90 Å². The van der Waals surface area contributed by atoms with Crippen molar-refractivity contribution in [2.75, 3.05) is 11.1 Å². The van der Waals surface area contributed by atoms with E-state index in [0.29, 0.717) is 11.3 Å². The van der Waals surface area contributed by atoms with Crippen LogP contribution < -0.4 is 5.32 Å². The molecule has 3 nitrogen and oxygen atoms in total. The average molecular weight is 383 g/mol. The van der Waals surface area contributed by atoms with Gasteiger partial charge in [0.2, 0.25) is 0 Å². The minimum Gasteiger partial charge on any atom is -0.322 e. The van der Waals surface area contributed by atoms with E-state index in [9.17, 15) is 18.4 Å². The van der Waals surface area contributed by atoms with Gasteiger partial charge in [-0.2, -0.15) is 0 Å². The van der Waals surface area contributed by atoms with Gasteiger partial charge in [0.15, 0.2) is 5.78 Å². The number of carbonyl (C=O) groups excluding carboxylic acids is 2. The molecule has 0 spiro atoms. The lowest BCUT2D eigenvalue weighted by molar-refractivity contribution is 0.101. The van der Waals surface area contributed by atoms with E-state index in [1.54, 1.807) is 30.3 Å². The van der Waals surface area contributed by atoms with E-state index in [0.717, 1.165) is 4.90 Å². The van der Waals surface area contributed by atoms with Crippen LogP contribution in [0, 0.1) is 11.6 Å². The van der Waals surface area contributed by atoms with Crippen LogP contribution in [0.4, 0.5) is 14.5 Å². The van der Waals surface area contributed by atoms with Crippen molar-refractivity contribution in [1.29, 1.82) is 0 Å². The lowest BCUT2D eigenvalue weighted by Gasteiger charge is -2.07. The van der Waals surface area contributed by atoms with Gasteiger partial charge in [-0.3, -0.25) is 9.59 Å². The summed E-state index contributed by atoms with van der Waals surface area (Å²) < 4.78 is 26.5. The van der Waals surface area contributed by atoms with Crippen LogP contribution >= 0.6 is 11.8 Å². The topological polar surface area (TPSA) is 46.2 Å². The van der Waals surface area contributed by atoms with Gasteiger partial charge in [0.05, 0.1) is 11.3 Å². The van der Waals surface area contributed by atoms with Crippen molar-refractivity contribution < 1.29 is 18.4 Å². The highest BCUT2D eigenvalue weighted by Gasteiger charge is 2.11. The number of rotatable bonds is 6. The van der Waals surface area contributed by atoms with Crippen molar-refractivity contribution in [3.8, 4) is 0 Å². The fourth-order valence-corrected chi connectivity index (χ4v) is 3.14. The van der Waals surface area contributed by atoms with E-state index < -0.39 is 11.7 Å². The molecule has 6 heteroatoms. The molecule has 0 heterocycles. The molecule has 3 rings (SSSR count). The predicted molar refractivity (Wildman–Crippen MR) is 102 cm³/mol. The van der Waals surface area contributed by atoms with Crippen LogP contribution in [0.3, 0.4) is 0 Å². The average Bonchev–Trinajstić information content (AvgIpc) is 2.68. The second-order valence-electron chi connectivity index (χ2n) is 5.68. The van der Waals surface area contributed by atoms with Crippen LogP contribution in [0.15, 0.2) is 77.7 Å². The molecule has 0 aliphatic rings. The normalized spacial score (nSPS) is 10.4. The number of nitrogens with one attached hydrogen (secondary N) is 1. The molecule has 1 amide bonds. The van der Waals surface area contributed by atoms with E-state index in [1.807, 2.05) is 0 Å². The van der Waals surface area contributed by atoms with Crippen molar-refractivity contribution in [3.63, 3.8) is 0 Å². The largest absolute Gasteiger partial charge is 0.322 e. The fourth-order valence-electron chi connectivity index (χ4n) is 2.35. The maximum Gasteiger partial charge on any atom is 0.258 e. The zero-order chi connectivity index (χ0) is 19.2. The van der Waals surface area contributed by atoms with E-state index in [-0.39, 0.29) is 22.9 Å².